The summed E-state index contributed by atoms with van der Waals surface area (Å²) in [6.45, 7) is 2.63. The third-order valence-electron chi connectivity index (χ3n) is 5.94. The quantitative estimate of drug-likeness (QED) is 0.317. The number of para-hydroxylation sites is 1. The van der Waals surface area contributed by atoms with Gasteiger partial charge in [0.1, 0.15) is 29.9 Å². The van der Waals surface area contributed by atoms with E-state index in [0.717, 1.165) is 28.5 Å². The molecule has 0 spiro atoms. The van der Waals surface area contributed by atoms with Crippen molar-refractivity contribution in [1.82, 2.24) is 15.2 Å². The number of rotatable bonds is 8. The molecule has 1 aliphatic heterocycles. The lowest BCUT2D eigenvalue weighted by molar-refractivity contribution is -0.116. The Bertz CT molecular complexity index is 1330. The summed E-state index contributed by atoms with van der Waals surface area (Å²) in [4.78, 5) is 19.3. The average molecular weight is 499 g/mol. The van der Waals surface area contributed by atoms with E-state index in [-0.39, 0.29) is 24.5 Å². The van der Waals surface area contributed by atoms with Crippen LogP contribution in [0.4, 0.5) is 5.69 Å². The molecule has 0 saturated carbocycles. The van der Waals surface area contributed by atoms with Gasteiger partial charge in [0.05, 0.1) is 18.3 Å². The molecule has 7 nitrogen and oxygen atoms in total. The number of benzene rings is 2. The van der Waals surface area contributed by atoms with Gasteiger partial charge in [0.25, 0.3) is 0 Å². The number of carbonyl (C=O) groups excluding carboxylic acids is 1. The Morgan fingerprint density at radius 1 is 1.06 bits per heavy atom. The van der Waals surface area contributed by atoms with E-state index < -0.39 is 0 Å². The molecule has 1 aliphatic rings. The summed E-state index contributed by atoms with van der Waals surface area (Å²) in [6, 6.07) is 26.1. The van der Waals surface area contributed by atoms with Crippen molar-refractivity contribution in [3.8, 4) is 17.1 Å². The lowest BCUT2D eigenvalue weighted by Crippen LogP contribution is -2.36. The molecule has 36 heavy (non-hydrogen) atoms. The molecule has 5 rings (SSSR count). The highest BCUT2D eigenvalue weighted by atomic mass is 32.1. The largest absolute Gasteiger partial charge is 0.494 e. The van der Waals surface area contributed by atoms with Crippen LogP contribution in [-0.2, 0) is 4.79 Å². The van der Waals surface area contributed by atoms with E-state index >= 15 is 0 Å². The van der Waals surface area contributed by atoms with Gasteiger partial charge in [-0.3, -0.25) is 9.78 Å². The summed E-state index contributed by atoms with van der Waals surface area (Å²) >= 11 is 5.67. The lowest BCUT2D eigenvalue weighted by atomic mass is 10.0. The number of carbonyl (C=O) groups is 1. The van der Waals surface area contributed by atoms with E-state index in [4.69, 9.17) is 21.4 Å². The first-order valence-corrected chi connectivity index (χ1v) is 12.2. The fraction of sp³-hybridized carbons (Fsp3) is 0.179. The fourth-order valence-corrected chi connectivity index (χ4v) is 4.62. The Balaban J connectivity index is 1.43. The zero-order valence-corrected chi connectivity index (χ0v) is 20.6. The Kier molecular flexibility index (Phi) is 6.95. The molecule has 1 fully saturated rings. The molecule has 0 radical (unpaired) electrons. The number of nitrogens with zero attached hydrogens (tertiary/aromatic N) is 2. The number of ether oxygens (including phenoxy) is 1. The summed E-state index contributed by atoms with van der Waals surface area (Å²) in [7, 11) is 0. The van der Waals surface area contributed by atoms with Crippen LogP contribution in [0.25, 0.3) is 11.3 Å². The molecule has 2 atom stereocenters. The number of pyridine rings is 1. The molecule has 1 saturated heterocycles. The number of furan rings is 1. The molecule has 3 heterocycles. The predicted molar refractivity (Wildman–Crippen MR) is 143 cm³/mol. The first kappa shape index (κ1) is 23.6. The van der Waals surface area contributed by atoms with Crippen LogP contribution in [0, 0.1) is 0 Å². The Morgan fingerprint density at radius 3 is 2.56 bits per heavy atom. The molecule has 0 bridgehead atoms. The average Bonchev–Trinajstić information content (AvgIpc) is 3.51. The molecular formula is C28H26N4O3S. The number of aromatic nitrogens is 1. The minimum atomic E-state index is -0.356. The first-order chi connectivity index (χ1) is 17.6. The van der Waals surface area contributed by atoms with Gasteiger partial charge in [-0.2, -0.15) is 0 Å². The van der Waals surface area contributed by atoms with Crippen LogP contribution in [0.15, 0.2) is 95.5 Å². The standard InChI is InChI=1S/C28H26N4O3S/c1-2-34-21-13-11-19(12-14-21)23-15-16-24(35-23)27-26(22-10-6-7-17-29-22)31-28(36)32(27)18-25(33)30-20-8-4-3-5-9-20/h3-17,26-27H,2,18H2,1H3,(H,30,33)(H,31,36). The van der Waals surface area contributed by atoms with E-state index in [1.807, 2.05) is 96.8 Å². The van der Waals surface area contributed by atoms with E-state index in [0.29, 0.717) is 17.5 Å². The third-order valence-corrected chi connectivity index (χ3v) is 6.29. The van der Waals surface area contributed by atoms with Gasteiger partial charge in [0.2, 0.25) is 5.91 Å². The van der Waals surface area contributed by atoms with Crippen molar-refractivity contribution >= 4 is 28.9 Å². The van der Waals surface area contributed by atoms with Crippen LogP contribution in [-0.4, -0.2) is 34.1 Å². The minimum Gasteiger partial charge on any atom is -0.494 e. The molecule has 2 aromatic carbocycles. The van der Waals surface area contributed by atoms with Crippen LogP contribution in [0.3, 0.4) is 0 Å². The molecule has 182 valence electrons. The number of nitrogens with one attached hydrogen (secondary N) is 2. The van der Waals surface area contributed by atoms with E-state index in [2.05, 4.69) is 15.6 Å². The van der Waals surface area contributed by atoms with Gasteiger partial charge in [-0.05, 0) is 79.8 Å². The second kappa shape index (κ2) is 10.6. The molecule has 2 aromatic heterocycles. The highest BCUT2D eigenvalue weighted by Gasteiger charge is 2.42. The minimum absolute atomic E-state index is 0.0633. The second-order valence-corrected chi connectivity index (χ2v) is 8.71. The van der Waals surface area contributed by atoms with Crippen molar-refractivity contribution in [2.45, 2.75) is 19.0 Å². The van der Waals surface area contributed by atoms with Gasteiger partial charge in [-0.15, -0.1) is 0 Å². The number of hydrogen-bond donors (Lipinski definition) is 2. The Morgan fingerprint density at radius 2 is 1.83 bits per heavy atom. The summed E-state index contributed by atoms with van der Waals surface area (Å²) in [5.74, 6) is 2.05. The number of hydrogen-bond acceptors (Lipinski definition) is 5. The maximum Gasteiger partial charge on any atom is 0.244 e. The summed E-state index contributed by atoms with van der Waals surface area (Å²) < 4.78 is 11.9. The third kappa shape index (κ3) is 5.08. The topological polar surface area (TPSA) is 79.6 Å². The van der Waals surface area contributed by atoms with Gasteiger partial charge in [0, 0.05) is 17.4 Å². The van der Waals surface area contributed by atoms with Crippen molar-refractivity contribution in [3.05, 3.63) is 103 Å². The summed E-state index contributed by atoms with van der Waals surface area (Å²) in [5.41, 5.74) is 2.48. The van der Waals surface area contributed by atoms with Crippen molar-refractivity contribution in [1.29, 1.82) is 0 Å². The molecule has 1 amide bonds. The van der Waals surface area contributed by atoms with Gasteiger partial charge in [-0.1, -0.05) is 24.3 Å². The molecular weight excluding hydrogens is 472 g/mol. The van der Waals surface area contributed by atoms with Gasteiger partial charge in [-0.25, -0.2) is 0 Å². The smallest absolute Gasteiger partial charge is 0.244 e. The van der Waals surface area contributed by atoms with Crippen LogP contribution in [0.5, 0.6) is 5.75 Å². The molecule has 0 aliphatic carbocycles. The molecule has 2 unspecified atom stereocenters. The van der Waals surface area contributed by atoms with Crippen LogP contribution >= 0.6 is 12.2 Å². The predicted octanol–water partition coefficient (Wildman–Crippen LogP) is 5.35. The molecule has 2 N–H and O–H groups in total. The summed E-state index contributed by atoms with van der Waals surface area (Å²) in [6.07, 6.45) is 1.75. The van der Waals surface area contributed by atoms with E-state index in [9.17, 15) is 4.79 Å². The normalized spacial score (nSPS) is 17.0. The first-order valence-electron chi connectivity index (χ1n) is 11.8. The molecule has 8 heteroatoms. The highest BCUT2D eigenvalue weighted by molar-refractivity contribution is 7.80. The number of thiocarbonyl (C=S) groups is 1. The van der Waals surface area contributed by atoms with Crippen LogP contribution in [0.1, 0.15) is 30.5 Å². The van der Waals surface area contributed by atoms with Crippen molar-refractivity contribution < 1.29 is 13.9 Å². The Hall–Kier alpha value is -4.17. The van der Waals surface area contributed by atoms with Crippen molar-refractivity contribution in [3.63, 3.8) is 0 Å². The van der Waals surface area contributed by atoms with Gasteiger partial charge in [0.15, 0.2) is 5.11 Å². The Labute approximate surface area is 215 Å². The highest BCUT2D eigenvalue weighted by Crippen LogP contribution is 2.40. The van der Waals surface area contributed by atoms with Gasteiger partial charge < -0.3 is 24.7 Å². The molecule has 4 aromatic rings. The maximum atomic E-state index is 12.9. The maximum absolute atomic E-state index is 12.9. The lowest BCUT2D eigenvalue weighted by Gasteiger charge is -2.25. The monoisotopic (exact) mass is 498 g/mol. The van der Waals surface area contributed by atoms with E-state index in [1.54, 1.807) is 6.20 Å². The summed E-state index contributed by atoms with van der Waals surface area (Å²) in [5, 5.41) is 6.75. The fourth-order valence-electron chi connectivity index (χ4n) is 4.31. The van der Waals surface area contributed by atoms with Crippen LogP contribution < -0.4 is 15.4 Å². The zero-order chi connectivity index (χ0) is 24.9. The van der Waals surface area contributed by atoms with Crippen molar-refractivity contribution in [2.75, 3.05) is 18.5 Å². The van der Waals surface area contributed by atoms with Crippen LogP contribution in [0.2, 0.25) is 0 Å². The number of anilines is 1. The second-order valence-electron chi connectivity index (χ2n) is 8.33. The zero-order valence-electron chi connectivity index (χ0n) is 19.8. The van der Waals surface area contributed by atoms with Crippen molar-refractivity contribution in [2.24, 2.45) is 0 Å². The number of amides is 1. The SMILES string of the molecule is CCOc1ccc(-c2ccc(C3C(c4ccccn4)NC(=S)N3CC(=O)Nc3ccccc3)o2)cc1. The van der Waals surface area contributed by atoms with Gasteiger partial charge >= 0.3 is 0 Å². The van der Waals surface area contributed by atoms with E-state index in [1.165, 1.54) is 0 Å².